The Kier molecular flexibility index (Phi) is 9.54. The molecule has 1 aliphatic heterocycles. The van der Waals surface area contributed by atoms with Crippen molar-refractivity contribution in [2.75, 3.05) is 30.3 Å². The predicted octanol–water partition coefficient (Wildman–Crippen LogP) is 4.97. The largest absolute Gasteiger partial charge is 0.484 e. The number of nitrogens with zero attached hydrogens (tertiary/aromatic N) is 3. The van der Waals surface area contributed by atoms with Gasteiger partial charge in [-0.15, -0.1) is 0 Å². The van der Waals surface area contributed by atoms with Crippen molar-refractivity contribution in [2.45, 2.75) is 32.2 Å². The summed E-state index contributed by atoms with van der Waals surface area (Å²) in [5.74, 6) is -0.471. The number of rotatable bonds is 11. The van der Waals surface area contributed by atoms with Crippen molar-refractivity contribution in [3.05, 3.63) is 101 Å². The fraction of sp³-hybridized carbons (Fsp3) is 0.273. The van der Waals surface area contributed by atoms with Gasteiger partial charge in [-0.1, -0.05) is 41.7 Å². The van der Waals surface area contributed by atoms with Crippen LogP contribution in [0.1, 0.15) is 40.6 Å². The van der Waals surface area contributed by atoms with Crippen LogP contribution in [0, 0.1) is 11.7 Å². The fourth-order valence-electron chi connectivity index (χ4n) is 5.22. The number of carbonyl (C=O) groups excluding carboxylic acids is 3. The summed E-state index contributed by atoms with van der Waals surface area (Å²) in [5, 5.41) is 0.270. The number of hydrogen-bond donors (Lipinski definition) is 2. The maximum Gasteiger partial charge on any atom is 0.260 e. The molecule has 0 saturated carbocycles. The molecule has 0 radical (unpaired) electrons. The molecular formula is C33H34FN5O4S. The van der Waals surface area contributed by atoms with Crippen molar-refractivity contribution < 1.29 is 23.5 Å². The zero-order valence-electron chi connectivity index (χ0n) is 24.3. The SMILES string of the molecule is CC(C(N)=O)N(c1ccc(F)cc1)c1nc(N)c(C(=O)c2ccc(OCC(=O)N3CCC(Cc4ccccc4)CC3)cc2)s1. The van der Waals surface area contributed by atoms with E-state index in [1.165, 1.54) is 34.7 Å². The molecule has 9 nitrogen and oxygen atoms in total. The van der Waals surface area contributed by atoms with Crippen LogP contribution >= 0.6 is 11.3 Å². The highest BCUT2D eigenvalue weighted by atomic mass is 32.1. The second-order valence-corrected chi connectivity index (χ2v) is 11.8. The van der Waals surface area contributed by atoms with Gasteiger partial charge in [0.1, 0.15) is 28.3 Å². The van der Waals surface area contributed by atoms with Crippen molar-refractivity contribution in [3.63, 3.8) is 0 Å². The fourth-order valence-corrected chi connectivity index (χ4v) is 6.27. The van der Waals surface area contributed by atoms with Gasteiger partial charge in [-0.2, -0.15) is 0 Å². The topological polar surface area (TPSA) is 132 Å². The quantitative estimate of drug-likeness (QED) is 0.228. The second kappa shape index (κ2) is 13.7. The van der Waals surface area contributed by atoms with E-state index in [2.05, 4.69) is 29.2 Å². The van der Waals surface area contributed by atoms with Gasteiger partial charge >= 0.3 is 0 Å². The van der Waals surface area contributed by atoms with Gasteiger partial charge in [0.15, 0.2) is 11.7 Å². The van der Waals surface area contributed by atoms with E-state index >= 15 is 0 Å². The maximum absolute atomic E-state index is 13.5. The lowest BCUT2D eigenvalue weighted by molar-refractivity contribution is -0.134. The number of carbonyl (C=O) groups is 3. The number of hydrogen-bond acceptors (Lipinski definition) is 8. The van der Waals surface area contributed by atoms with Gasteiger partial charge in [-0.05, 0) is 86.2 Å². The number of halogens is 1. The number of primary amides is 1. The number of benzene rings is 3. The summed E-state index contributed by atoms with van der Waals surface area (Å²) in [4.78, 5) is 46.0. The molecule has 11 heteroatoms. The lowest BCUT2D eigenvalue weighted by Crippen LogP contribution is -2.41. The van der Waals surface area contributed by atoms with Crippen LogP contribution in [0.5, 0.6) is 5.75 Å². The molecule has 4 N–H and O–H groups in total. The molecule has 3 aromatic carbocycles. The van der Waals surface area contributed by atoms with Crippen LogP contribution in [0.25, 0.3) is 0 Å². The Morgan fingerprint density at radius 1 is 1.02 bits per heavy atom. The molecule has 1 unspecified atom stereocenters. The van der Waals surface area contributed by atoms with Gasteiger partial charge < -0.3 is 26.0 Å². The molecule has 2 heterocycles. The summed E-state index contributed by atoms with van der Waals surface area (Å²) in [5.41, 5.74) is 13.8. The second-order valence-electron chi connectivity index (χ2n) is 10.8. The first kappa shape index (κ1) is 30.7. The van der Waals surface area contributed by atoms with Gasteiger partial charge in [0.05, 0.1) is 0 Å². The molecule has 0 spiro atoms. The number of thiazole rings is 1. The first-order chi connectivity index (χ1) is 21.2. The zero-order chi connectivity index (χ0) is 31.2. The third kappa shape index (κ3) is 7.23. The van der Waals surface area contributed by atoms with Crippen LogP contribution < -0.4 is 21.1 Å². The number of ether oxygens (including phenoxy) is 1. The number of nitrogens with two attached hydrogens (primary N) is 2. The van der Waals surface area contributed by atoms with Crippen molar-refractivity contribution in [2.24, 2.45) is 11.7 Å². The highest BCUT2D eigenvalue weighted by Gasteiger charge is 2.28. The van der Waals surface area contributed by atoms with Gasteiger partial charge in [-0.25, -0.2) is 9.37 Å². The molecular weight excluding hydrogens is 581 g/mol. The van der Waals surface area contributed by atoms with E-state index in [0.29, 0.717) is 36.0 Å². The highest BCUT2D eigenvalue weighted by Crippen LogP contribution is 2.36. The van der Waals surface area contributed by atoms with E-state index in [1.807, 2.05) is 11.0 Å². The van der Waals surface area contributed by atoms with Crippen LogP contribution in [0.2, 0.25) is 0 Å². The molecule has 1 aliphatic rings. The first-order valence-electron chi connectivity index (χ1n) is 14.4. The molecule has 4 aromatic rings. The van der Waals surface area contributed by atoms with Crippen LogP contribution in [0.4, 0.5) is 21.0 Å². The molecule has 0 aliphatic carbocycles. The number of anilines is 3. The Morgan fingerprint density at radius 2 is 1.68 bits per heavy atom. The zero-order valence-corrected chi connectivity index (χ0v) is 25.1. The van der Waals surface area contributed by atoms with E-state index < -0.39 is 17.8 Å². The Labute approximate surface area is 259 Å². The third-order valence-corrected chi connectivity index (χ3v) is 8.84. The van der Waals surface area contributed by atoms with E-state index in [0.717, 1.165) is 30.6 Å². The minimum absolute atomic E-state index is 0.00255. The summed E-state index contributed by atoms with van der Waals surface area (Å²) in [6.45, 7) is 2.92. The molecule has 44 heavy (non-hydrogen) atoms. The number of nitrogen functional groups attached to an aromatic ring is 1. The monoisotopic (exact) mass is 615 g/mol. The standard InChI is InChI=1S/C33H34FN5O4S/c1-21(32(36)42)39(26-11-9-25(34)10-12-26)33-37-31(35)30(44-33)29(41)24-7-13-27(14-8-24)43-20-28(40)38-17-15-23(16-18-38)19-22-5-3-2-4-6-22/h2-14,21,23H,15-20,35H2,1H3,(H2,36,42). The Balaban J connectivity index is 1.18. The number of likely N-dealkylation sites (tertiary alicyclic amines) is 1. The first-order valence-corrected chi connectivity index (χ1v) is 15.2. The smallest absolute Gasteiger partial charge is 0.260 e. The average molecular weight is 616 g/mol. The normalized spacial score (nSPS) is 14.2. The Morgan fingerprint density at radius 3 is 2.32 bits per heavy atom. The summed E-state index contributed by atoms with van der Waals surface area (Å²) in [7, 11) is 0. The average Bonchev–Trinajstić information content (AvgIpc) is 3.42. The summed E-state index contributed by atoms with van der Waals surface area (Å²) in [6, 6.07) is 21.5. The summed E-state index contributed by atoms with van der Waals surface area (Å²) >= 11 is 1.01. The predicted molar refractivity (Wildman–Crippen MR) is 169 cm³/mol. The number of aromatic nitrogens is 1. The minimum atomic E-state index is -0.839. The molecule has 1 saturated heterocycles. The van der Waals surface area contributed by atoms with Crippen LogP contribution in [0.3, 0.4) is 0 Å². The molecule has 5 rings (SSSR count). The number of piperidine rings is 1. The van der Waals surface area contributed by atoms with E-state index in [1.54, 1.807) is 31.2 Å². The van der Waals surface area contributed by atoms with Crippen LogP contribution in [-0.4, -0.2) is 53.2 Å². The van der Waals surface area contributed by atoms with Crippen molar-refractivity contribution in [3.8, 4) is 5.75 Å². The van der Waals surface area contributed by atoms with Gasteiger partial charge in [-0.3, -0.25) is 14.4 Å². The van der Waals surface area contributed by atoms with E-state index in [9.17, 15) is 18.8 Å². The third-order valence-electron chi connectivity index (χ3n) is 7.77. The van der Waals surface area contributed by atoms with E-state index in [4.69, 9.17) is 16.2 Å². The van der Waals surface area contributed by atoms with Gasteiger partial charge in [0.25, 0.3) is 5.91 Å². The molecule has 228 valence electrons. The summed E-state index contributed by atoms with van der Waals surface area (Å²) < 4.78 is 19.3. The Bertz CT molecular complexity index is 1600. The number of amides is 2. The Hall–Kier alpha value is -4.77. The van der Waals surface area contributed by atoms with Crippen molar-refractivity contribution in [1.29, 1.82) is 0 Å². The number of ketones is 1. The van der Waals surface area contributed by atoms with Crippen molar-refractivity contribution >= 4 is 45.6 Å². The van der Waals surface area contributed by atoms with Crippen molar-refractivity contribution in [1.82, 2.24) is 9.88 Å². The molecule has 1 fully saturated rings. The molecule has 1 atom stereocenters. The molecule has 1 aromatic heterocycles. The van der Waals surface area contributed by atoms with Crippen LogP contribution in [0.15, 0.2) is 78.9 Å². The molecule has 2 amide bonds. The maximum atomic E-state index is 13.5. The minimum Gasteiger partial charge on any atom is -0.484 e. The van der Waals surface area contributed by atoms with Gasteiger partial charge in [0.2, 0.25) is 11.7 Å². The van der Waals surface area contributed by atoms with E-state index in [-0.39, 0.29) is 34.1 Å². The summed E-state index contributed by atoms with van der Waals surface area (Å²) in [6.07, 6.45) is 2.95. The lowest BCUT2D eigenvalue weighted by atomic mass is 9.90. The molecule has 0 bridgehead atoms. The van der Waals surface area contributed by atoms with Gasteiger partial charge in [0, 0.05) is 24.3 Å². The highest BCUT2D eigenvalue weighted by molar-refractivity contribution is 7.18. The lowest BCUT2D eigenvalue weighted by Gasteiger charge is -2.32. The van der Waals surface area contributed by atoms with Crippen LogP contribution in [-0.2, 0) is 16.0 Å².